The van der Waals surface area contributed by atoms with Gasteiger partial charge in [-0.1, -0.05) is 24.3 Å². The minimum absolute atomic E-state index is 0.110. The van der Waals surface area contributed by atoms with Gasteiger partial charge in [-0.2, -0.15) is 10.2 Å². The van der Waals surface area contributed by atoms with Gasteiger partial charge < -0.3 is 15.4 Å². The Labute approximate surface area is 201 Å². The predicted molar refractivity (Wildman–Crippen MR) is 131 cm³/mol. The molecule has 0 saturated heterocycles. The number of amides is 1. The Balaban J connectivity index is 1.34. The lowest BCUT2D eigenvalue weighted by Crippen LogP contribution is -2.38. The van der Waals surface area contributed by atoms with Gasteiger partial charge in [-0.15, -0.1) is 0 Å². The summed E-state index contributed by atoms with van der Waals surface area (Å²) in [6.07, 6.45) is 9.05. The third-order valence-corrected chi connectivity index (χ3v) is 6.33. The quantitative estimate of drug-likeness (QED) is 0.585. The zero-order valence-electron chi connectivity index (χ0n) is 19.3. The van der Waals surface area contributed by atoms with Gasteiger partial charge >= 0.3 is 6.09 Å². The van der Waals surface area contributed by atoms with E-state index in [1.54, 1.807) is 35.6 Å². The second-order valence-electron chi connectivity index (χ2n) is 8.90. The van der Waals surface area contributed by atoms with Crippen LogP contribution in [0.15, 0.2) is 64.9 Å². The Bertz CT molecular complexity index is 1380. The molecule has 2 aliphatic heterocycles. The zero-order valence-corrected chi connectivity index (χ0v) is 19.3. The van der Waals surface area contributed by atoms with Crippen LogP contribution >= 0.6 is 0 Å². The van der Waals surface area contributed by atoms with Gasteiger partial charge in [0.25, 0.3) is 0 Å². The largest absolute Gasteiger partial charge is 0.465 e. The number of nitrogens with zero attached hydrogens (tertiary/aromatic N) is 6. The van der Waals surface area contributed by atoms with Crippen molar-refractivity contribution in [2.75, 3.05) is 19.6 Å². The number of carboxylic acid groups (broad SMARTS) is 1. The summed E-state index contributed by atoms with van der Waals surface area (Å²) in [5.74, 6) is 0.582. The lowest BCUT2D eigenvalue weighted by molar-refractivity contribution is 0.150. The van der Waals surface area contributed by atoms with E-state index < -0.39 is 11.6 Å². The van der Waals surface area contributed by atoms with Gasteiger partial charge in [0.2, 0.25) is 5.43 Å². The monoisotopic (exact) mass is 471 g/mol. The molecule has 35 heavy (non-hydrogen) atoms. The van der Waals surface area contributed by atoms with Crippen LogP contribution in [0.25, 0.3) is 17.0 Å². The van der Waals surface area contributed by atoms with E-state index in [-0.39, 0.29) is 5.43 Å². The van der Waals surface area contributed by atoms with Crippen molar-refractivity contribution >= 4 is 17.9 Å². The average Bonchev–Trinajstić information content (AvgIpc) is 3.33. The van der Waals surface area contributed by atoms with Gasteiger partial charge in [0.15, 0.2) is 5.82 Å². The first-order valence-electron chi connectivity index (χ1n) is 11.4. The molecule has 0 spiro atoms. The highest BCUT2D eigenvalue weighted by Gasteiger charge is 2.28. The van der Waals surface area contributed by atoms with Crippen molar-refractivity contribution in [2.45, 2.75) is 25.3 Å². The molecule has 178 valence electrons. The average molecular weight is 472 g/mol. The second kappa shape index (κ2) is 9.13. The fraction of sp³-hybridized carbons (Fsp3) is 0.280. The predicted octanol–water partition coefficient (Wildman–Crippen LogP) is 2.36. The molecule has 0 radical (unpaired) electrons. The van der Waals surface area contributed by atoms with Crippen LogP contribution in [0.1, 0.15) is 30.2 Å². The maximum atomic E-state index is 12.5. The molecule has 2 N–H and O–H groups in total. The highest BCUT2D eigenvalue weighted by Crippen LogP contribution is 2.23. The summed E-state index contributed by atoms with van der Waals surface area (Å²) >= 11 is 0. The molecule has 1 atom stereocenters. The number of benzene rings is 1. The van der Waals surface area contributed by atoms with E-state index in [4.69, 9.17) is 5.11 Å². The Morgan fingerprint density at radius 3 is 2.71 bits per heavy atom. The Kier molecular flexibility index (Phi) is 5.86. The van der Waals surface area contributed by atoms with Crippen LogP contribution in [0, 0.1) is 0 Å². The fourth-order valence-corrected chi connectivity index (χ4v) is 4.19. The smallest absolute Gasteiger partial charge is 0.407 e. The van der Waals surface area contributed by atoms with Gasteiger partial charge in [0.1, 0.15) is 11.2 Å². The molecule has 0 bridgehead atoms. The summed E-state index contributed by atoms with van der Waals surface area (Å²) in [4.78, 5) is 34.0. The molecule has 10 heteroatoms. The third kappa shape index (κ3) is 4.68. The zero-order chi connectivity index (χ0) is 24.4. The van der Waals surface area contributed by atoms with E-state index >= 15 is 0 Å². The van der Waals surface area contributed by atoms with E-state index in [1.165, 1.54) is 4.90 Å². The molecule has 1 unspecified atom stereocenters. The van der Waals surface area contributed by atoms with Gasteiger partial charge in [-0.3, -0.25) is 9.48 Å². The molecule has 2 aliphatic rings. The van der Waals surface area contributed by atoms with Crippen LogP contribution in [0.2, 0.25) is 0 Å². The van der Waals surface area contributed by atoms with Gasteiger partial charge in [0, 0.05) is 55.3 Å². The van der Waals surface area contributed by atoms with Crippen LogP contribution in [0.5, 0.6) is 0 Å². The van der Waals surface area contributed by atoms with Crippen molar-refractivity contribution in [1.82, 2.24) is 30.1 Å². The number of carbonyl (C=O) groups is 1. The van der Waals surface area contributed by atoms with Crippen molar-refractivity contribution in [1.29, 1.82) is 0 Å². The summed E-state index contributed by atoms with van der Waals surface area (Å²) in [5.41, 5.74) is 6.59. The molecule has 2 aromatic heterocycles. The molecule has 3 aromatic rings. The fourth-order valence-electron chi connectivity index (χ4n) is 4.19. The molecule has 1 aromatic carbocycles. The van der Waals surface area contributed by atoms with Crippen LogP contribution in [0.3, 0.4) is 0 Å². The van der Waals surface area contributed by atoms with Crippen molar-refractivity contribution < 1.29 is 9.90 Å². The third-order valence-electron chi connectivity index (χ3n) is 6.33. The lowest BCUT2D eigenvalue weighted by Gasteiger charge is -2.23. The standard InChI is InChI=1S/C25H25N7O3/c1-25(15-28-29-16-25)32-10-7-22(33)21(30-32)12-17-3-2-4-19(11-17)23-26-13-20(14-27-23)18-5-8-31(9-6-18)24(34)35/h2-5,7,10-11,13-15,29H,6,8-9,12,16H2,1H3,(H,34,35). The van der Waals surface area contributed by atoms with Gasteiger partial charge in [-0.05, 0) is 30.5 Å². The van der Waals surface area contributed by atoms with E-state index in [0.29, 0.717) is 44.0 Å². The topological polar surface area (TPSA) is 126 Å². The molecule has 1 amide bonds. The summed E-state index contributed by atoms with van der Waals surface area (Å²) in [6.45, 7) is 3.44. The molecule has 4 heterocycles. The molecule has 0 fully saturated rings. The Morgan fingerprint density at radius 2 is 2.03 bits per heavy atom. The number of hydrazone groups is 1. The van der Waals surface area contributed by atoms with E-state index in [2.05, 4.69) is 25.6 Å². The van der Waals surface area contributed by atoms with E-state index in [0.717, 1.165) is 22.3 Å². The lowest BCUT2D eigenvalue weighted by atomic mass is 10.0. The number of nitrogens with one attached hydrogen (secondary N) is 1. The van der Waals surface area contributed by atoms with Crippen LogP contribution in [-0.2, 0) is 12.0 Å². The summed E-state index contributed by atoms with van der Waals surface area (Å²) < 4.78 is 1.77. The van der Waals surface area contributed by atoms with Crippen LogP contribution in [-0.4, -0.2) is 61.7 Å². The van der Waals surface area contributed by atoms with Crippen molar-refractivity contribution in [3.05, 3.63) is 82.0 Å². The first kappa shape index (κ1) is 22.5. The number of hydrogen-bond acceptors (Lipinski definition) is 7. The molecule has 0 saturated carbocycles. The summed E-state index contributed by atoms with van der Waals surface area (Å²) in [7, 11) is 0. The molecule has 5 rings (SSSR count). The van der Waals surface area contributed by atoms with Crippen LogP contribution in [0.4, 0.5) is 4.79 Å². The molecule has 10 nitrogen and oxygen atoms in total. The Morgan fingerprint density at radius 1 is 1.20 bits per heavy atom. The summed E-state index contributed by atoms with van der Waals surface area (Å²) in [5, 5.41) is 17.8. The van der Waals surface area contributed by atoms with Crippen molar-refractivity contribution in [3.8, 4) is 11.4 Å². The van der Waals surface area contributed by atoms with E-state index in [1.807, 2.05) is 37.3 Å². The second-order valence-corrected chi connectivity index (χ2v) is 8.90. The minimum atomic E-state index is -0.907. The highest BCUT2D eigenvalue weighted by atomic mass is 16.4. The SMILES string of the molecule is CC1(n2ccc(=O)c(Cc3cccc(-c4ncc(C5=CCN(C(=O)O)CC5)cn4)c3)n2)C=NNC1. The summed E-state index contributed by atoms with van der Waals surface area (Å²) in [6, 6.07) is 9.32. The van der Waals surface area contributed by atoms with Crippen molar-refractivity contribution in [3.63, 3.8) is 0 Å². The van der Waals surface area contributed by atoms with Gasteiger partial charge in [0.05, 0.1) is 12.8 Å². The molecular formula is C25H25N7O3. The van der Waals surface area contributed by atoms with Crippen molar-refractivity contribution in [2.24, 2.45) is 5.10 Å². The number of hydrogen-bond donors (Lipinski definition) is 2. The number of aromatic nitrogens is 4. The number of rotatable bonds is 5. The molecular weight excluding hydrogens is 446 g/mol. The maximum Gasteiger partial charge on any atom is 0.407 e. The van der Waals surface area contributed by atoms with Crippen LogP contribution < -0.4 is 10.9 Å². The highest BCUT2D eigenvalue weighted by molar-refractivity contribution is 5.71. The first-order chi connectivity index (χ1) is 16.9. The normalized spacial score (nSPS) is 19.3. The minimum Gasteiger partial charge on any atom is -0.465 e. The first-order valence-corrected chi connectivity index (χ1v) is 11.4. The maximum absolute atomic E-state index is 12.5. The Hall–Kier alpha value is -4.34. The molecule has 0 aliphatic carbocycles. The van der Waals surface area contributed by atoms with Gasteiger partial charge in [-0.25, -0.2) is 14.8 Å². The van der Waals surface area contributed by atoms with E-state index in [9.17, 15) is 9.59 Å².